The summed E-state index contributed by atoms with van der Waals surface area (Å²) in [6.07, 6.45) is 2.30. The first kappa shape index (κ1) is 14.5. The zero-order chi connectivity index (χ0) is 14.2. The van der Waals surface area contributed by atoms with Crippen LogP contribution in [0, 0.1) is 5.92 Å². The summed E-state index contributed by atoms with van der Waals surface area (Å²) in [4.78, 5) is 0. The molecule has 1 aliphatic rings. The van der Waals surface area contributed by atoms with Crippen molar-refractivity contribution >= 4 is 10.8 Å². The lowest BCUT2D eigenvalue weighted by Crippen LogP contribution is -2.26. The molecule has 2 unspecified atom stereocenters. The highest BCUT2D eigenvalue weighted by Crippen LogP contribution is 2.54. The molecule has 2 heteroatoms. The monoisotopic (exact) mass is 276 g/mol. The lowest BCUT2D eigenvalue weighted by molar-refractivity contribution is 0.646. The van der Waals surface area contributed by atoms with E-state index in [1.807, 2.05) is 6.07 Å². The molecule has 0 N–H and O–H groups in total. The number of allylic oxidation sites excluding steroid dienone is 2. The molecule has 0 heterocycles. The van der Waals surface area contributed by atoms with E-state index in [1.165, 1.54) is 11.1 Å². The van der Waals surface area contributed by atoms with Gasteiger partial charge < -0.3 is 0 Å². The molecule has 4 atom stereocenters. The van der Waals surface area contributed by atoms with Gasteiger partial charge in [0.2, 0.25) is 0 Å². The van der Waals surface area contributed by atoms with E-state index in [2.05, 4.69) is 65.0 Å². The summed E-state index contributed by atoms with van der Waals surface area (Å²) in [6.45, 7) is 10.5. The Labute approximate surface area is 119 Å². The average molecular weight is 276 g/mol. The highest BCUT2D eigenvalue weighted by atomic mass is 32.2. The second-order valence-electron chi connectivity index (χ2n) is 6.63. The molecule has 0 spiro atoms. The first-order chi connectivity index (χ1) is 8.82. The predicted octanol–water partition coefficient (Wildman–Crippen LogP) is 4.28. The van der Waals surface area contributed by atoms with Gasteiger partial charge in [0.05, 0.1) is 0 Å². The number of rotatable bonds is 3. The zero-order valence-electron chi connectivity index (χ0n) is 12.5. The average Bonchev–Trinajstić information content (AvgIpc) is 3.00. The van der Waals surface area contributed by atoms with Crippen molar-refractivity contribution in [2.75, 3.05) is 0 Å². The molecule has 2 rings (SSSR count). The summed E-state index contributed by atoms with van der Waals surface area (Å²) in [5.74, 6) is 0.864. The van der Waals surface area contributed by atoms with E-state index in [0.29, 0.717) is 11.8 Å². The van der Waals surface area contributed by atoms with E-state index in [9.17, 15) is 4.21 Å². The lowest BCUT2D eigenvalue weighted by Gasteiger charge is -2.17. The van der Waals surface area contributed by atoms with E-state index in [1.54, 1.807) is 0 Å². The van der Waals surface area contributed by atoms with Gasteiger partial charge in [-0.1, -0.05) is 42.0 Å². The smallest absolute Gasteiger partial charge is 0.0496 e. The van der Waals surface area contributed by atoms with Gasteiger partial charge in [-0.2, -0.15) is 0 Å². The molecule has 19 heavy (non-hydrogen) atoms. The third kappa shape index (κ3) is 3.17. The highest BCUT2D eigenvalue weighted by molar-refractivity contribution is 7.87. The van der Waals surface area contributed by atoms with Crippen molar-refractivity contribution in [3.8, 4) is 0 Å². The number of benzene rings is 1. The Morgan fingerprint density at radius 2 is 1.74 bits per heavy atom. The minimum Gasteiger partial charge on any atom is -0.259 e. The van der Waals surface area contributed by atoms with Gasteiger partial charge in [0.15, 0.2) is 0 Å². The minimum absolute atomic E-state index is 0.137. The molecule has 0 aliphatic heterocycles. The normalized spacial score (nSPS) is 27.7. The predicted molar refractivity (Wildman–Crippen MR) is 83.8 cm³/mol. The van der Waals surface area contributed by atoms with Gasteiger partial charge in [-0.15, -0.1) is 0 Å². The maximum Gasteiger partial charge on any atom is 0.0496 e. The van der Waals surface area contributed by atoms with Crippen LogP contribution in [0.1, 0.15) is 46.1 Å². The van der Waals surface area contributed by atoms with E-state index in [-0.39, 0.29) is 10.00 Å². The van der Waals surface area contributed by atoms with Crippen LogP contribution in [0.15, 0.2) is 42.0 Å². The highest BCUT2D eigenvalue weighted by Gasteiger charge is 2.55. The maximum atomic E-state index is 12.7. The quantitative estimate of drug-likeness (QED) is 0.753. The SMILES string of the molecule is CC(C)=C[C@@H]1C(S(=O)C(C)(C)C)[C@H]1c1ccccc1. The van der Waals surface area contributed by atoms with E-state index in [4.69, 9.17) is 0 Å². The largest absolute Gasteiger partial charge is 0.259 e. The van der Waals surface area contributed by atoms with Crippen molar-refractivity contribution in [1.29, 1.82) is 0 Å². The van der Waals surface area contributed by atoms with Crippen LogP contribution in [0.3, 0.4) is 0 Å². The van der Waals surface area contributed by atoms with Crippen molar-refractivity contribution < 1.29 is 4.21 Å². The zero-order valence-corrected chi connectivity index (χ0v) is 13.3. The van der Waals surface area contributed by atoms with E-state index in [0.717, 1.165) is 0 Å². The van der Waals surface area contributed by atoms with Gasteiger partial charge in [-0.25, -0.2) is 0 Å². The second kappa shape index (κ2) is 5.24. The standard InChI is InChI=1S/C17H24OS/c1-12(2)11-14-15(13-9-7-6-8-10-13)16(14)19(18)17(3,4)5/h6-11,14-16H,1-5H3/t14-,15-,16?,19?/m0/s1. The third-order valence-electron chi connectivity index (χ3n) is 3.57. The van der Waals surface area contributed by atoms with Gasteiger partial charge in [0, 0.05) is 32.6 Å². The molecule has 1 nitrogen and oxygen atoms in total. The molecule has 1 saturated carbocycles. The number of hydrogen-bond donors (Lipinski definition) is 0. The summed E-state index contributed by atoms with van der Waals surface area (Å²) < 4.78 is 12.5. The van der Waals surface area contributed by atoms with Crippen LogP contribution in [0.4, 0.5) is 0 Å². The molecule has 0 radical (unpaired) electrons. The van der Waals surface area contributed by atoms with Gasteiger partial charge in [-0.05, 0) is 40.2 Å². The molecule has 0 amide bonds. The molecular weight excluding hydrogens is 252 g/mol. The molecule has 0 bridgehead atoms. The van der Waals surface area contributed by atoms with Gasteiger partial charge in [0.1, 0.15) is 0 Å². The summed E-state index contributed by atoms with van der Waals surface area (Å²) in [5, 5.41) is 0.275. The van der Waals surface area contributed by atoms with E-state index >= 15 is 0 Å². The van der Waals surface area contributed by atoms with Crippen LogP contribution in [-0.2, 0) is 10.8 Å². The second-order valence-corrected chi connectivity index (χ2v) is 9.00. The lowest BCUT2D eigenvalue weighted by atomic mass is 10.1. The fraction of sp³-hybridized carbons (Fsp3) is 0.529. The summed E-state index contributed by atoms with van der Waals surface area (Å²) in [5.41, 5.74) is 2.65. The van der Waals surface area contributed by atoms with Crippen molar-refractivity contribution in [3.05, 3.63) is 47.5 Å². The molecule has 1 aromatic carbocycles. The fourth-order valence-electron chi connectivity index (χ4n) is 2.66. The molecule has 1 fully saturated rings. The summed E-state index contributed by atoms with van der Waals surface area (Å²) in [6, 6.07) is 10.5. The third-order valence-corrected chi connectivity index (χ3v) is 5.88. The van der Waals surface area contributed by atoms with Crippen LogP contribution in [0.2, 0.25) is 0 Å². The molecule has 1 aliphatic carbocycles. The van der Waals surface area contributed by atoms with Crippen molar-refractivity contribution in [3.63, 3.8) is 0 Å². The van der Waals surface area contributed by atoms with Crippen molar-refractivity contribution in [2.24, 2.45) is 5.92 Å². The first-order valence-electron chi connectivity index (χ1n) is 6.93. The van der Waals surface area contributed by atoms with Gasteiger partial charge in [-0.3, -0.25) is 4.21 Å². The Morgan fingerprint density at radius 3 is 2.21 bits per heavy atom. The summed E-state index contributed by atoms with van der Waals surface area (Å²) in [7, 11) is -0.800. The van der Waals surface area contributed by atoms with Crippen molar-refractivity contribution in [1.82, 2.24) is 0 Å². The molecule has 0 aromatic heterocycles. The Hall–Kier alpha value is -0.890. The molecule has 0 saturated heterocycles. The minimum atomic E-state index is -0.800. The van der Waals surface area contributed by atoms with Gasteiger partial charge >= 0.3 is 0 Å². The van der Waals surface area contributed by atoms with Crippen LogP contribution >= 0.6 is 0 Å². The fourth-order valence-corrected chi connectivity index (χ4v) is 4.52. The Kier molecular flexibility index (Phi) is 4.00. The molecule has 104 valence electrons. The van der Waals surface area contributed by atoms with Gasteiger partial charge in [0.25, 0.3) is 0 Å². The molecular formula is C17H24OS. The van der Waals surface area contributed by atoms with Crippen LogP contribution in [0.5, 0.6) is 0 Å². The molecule has 1 aromatic rings. The van der Waals surface area contributed by atoms with Crippen LogP contribution in [-0.4, -0.2) is 14.2 Å². The number of hydrogen-bond acceptors (Lipinski definition) is 1. The van der Waals surface area contributed by atoms with E-state index < -0.39 is 10.8 Å². The van der Waals surface area contributed by atoms with Crippen molar-refractivity contribution in [2.45, 2.75) is 50.5 Å². The Morgan fingerprint density at radius 1 is 1.16 bits per heavy atom. The Balaban J connectivity index is 2.28. The first-order valence-corrected chi connectivity index (χ1v) is 8.14. The summed E-state index contributed by atoms with van der Waals surface area (Å²) >= 11 is 0. The maximum absolute atomic E-state index is 12.7. The van der Waals surface area contributed by atoms with Crippen LogP contribution < -0.4 is 0 Å². The topological polar surface area (TPSA) is 17.1 Å². The Bertz CT molecular complexity index is 492. The van der Waals surface area contributed by atoms with Crippen LogP contribution in [0.25, 0.3) is 0 Å².